The first-order valence-electron chi connectivity index (χ1n) is 7.00. The van der Waals surface area contributed by atoms with Crippen LogP contribution in [0.2, 0.25) is 0 Å². The van der Waals surface area contributed by atoms with Crippen molar-refractivity contribution < 1.29 is 0 Å². The van der Waals surface area contributed by atoms with Gasteiger partial charge in [0.2, 0.25) is 0 Å². The SMILES string of the molecule is CCC1CCCC(NCc2ccn(C)n2)CC1. The molecule has 1 aliphatic carbocycles. The Kier molecular flexibility index (Phi) is 4.60. The molecule has 1 saturated carbocycles. The van der Waals surface area contributed by atoms with Crippen LogP contribution in [0.5, 0.6) is 0 Å². The zero-order valence-corrected chi connectivity index (χ0v) is 11.2. The summed E-state index contributed by atoms with van der Waals surface area (Å²) in [7, 11) is 1.97. The van der Waals surface area contributed by atoms with Crippen molar-refractivity contribution in [3.63, 3.8) is 0 Å². The number of nitrogens with one attached hydrogen (secondary N) is 1. The highest BCUT2D eigenvalue weighted by atomic mass is 15.3. The smallest absolute Gasteiger partial charge is 0.0762 e. The molecule has 2 atom stereocenters. The van der Waals surface area contributed by atoms with Gasteiger partial charge in [0.1, 0.15) is 0 Å². The minimum atomic E-state index is 0.702. The van der Waals surface area contributed by atoms with Crippen molar-refractivity contribution in [2.45, 2.75) is 58.0 Å². The molecule has 3 nitrogen and oxygen atoms in total. The van der Waals surface area contributed by atoms with Crippen LogP contribution in [0.15, 0.2) is 12.3 Å². The summed E-state index contributed by atoms with van der Waals surface area (Å²) in [6, 6.07) is 2.80. The topological polar surface area (TPSA) is 29.9 Å². The monoisotopic (exact) mass is 235 g/mol. The van der Waals surface area contributed by atoms with Gasteiger partial charge in [-0.3, -0.25) is 4.68 Å². The second-order valence-electron chi connectivity index (χ2n) is 5.34. The Balaban J connectivity index is 1.75. The molecule has 2 rings (SSSR count). The molecule has 1 aliphatic rings. The van der Waals surface area contributed by atoms with Gasteiger partial charge in [-0.25, -0.2) is 0 Å². The maximum Gasteiger partial charge on any atom is 0.0762 e. The molecule has 0 bridgehead atoms. The van der Waals surface area contributed by atoms with Crippen molar-refractivity contribution in [2.24, 2.45) is 13.0 Å². The fourth-order valence-corrected chi connectivity index (χ4v) is 2.80. The molecule has 17 heavy (non-hydrogen) atoms. The summed E-state index contributed by atoms with van der Waals surface area (Å²) < 4.78 is 1.87. The summed E-state index contributed by atoms with van der Waals surface area (Å²) in [6.07, 6.45) is 10.3. The van der Waals surface area contributed by atoms with E-state index in [2.05, 4.69) is 23.4 Å². The minimum Gasteiger partial charge on any atom is -0.308 e. The summed E-state index contributed by atoms with van der Waals surface area (Å²) >= 11 is 0. The van der Waals surface area contributed by atoms with E-state index in [4.69, 9.17) is 0 Å². The Morgan fingerprint density at radius 1 is 1.35 bits per heavy atom. The van der Waals surface area contributed by atoms with Gasteiger partial charge in [-0.2, -0.15) is 5.10 Å². The van der Waals surface area contributed by atoms with Gasteiger partial charge in [0.05, 0.1) is 5.69 Å². The van der Waals surface area contributed by atoms with Gasteiger partial charge in [0, 0.05) is 25.8 Å². The van der Waals surface area contributed by atoms with Crippen molar-refractivity contribution in [1.82, 2.24) is 15.1 Å². The zero-order valence-electron chi connectivity index (χ0n) is 11.2. The largest absolute Gasteiger partial charge is 0.308 e. The van der Waals surface area contributed by atoms with Crippen LogP contribution in [-0.4, -0.2) is 15.8 Å². The summed E-state index contributed by atoms with van der Waals surface area (Å²) in [5.74, 6) is 0.969. The summed E-state index contributed by atoms with van der Waals surface area (Å²) in [5.41, 5.74) is 1.16. The maximum absolute atomic E-state index is 4.40. The third kappa shape index (κ3) is 3.84. The van der Waals surface area contributed by atoms with Crippen molar-refractivity contribution in [2.75, 3.05) is 0 Å². The molecular weight excluding hydrogens is 210 g/mol. The van der Waals surface area contributed by atoms with E-state index in [1.165, 1.54) is 38.5 Å². The van der Waals surface area contributed by atoms with E-state index < -0.39 is 0 Å². The van der Waals surface area contributed by atoms with Crippen molar-refractivity contribution >= 4 is 0 Å². The zero-order chi connectivity index (χ0) is 12.1. The van der Waals surface area contributed by atoms with Crippen molar-refractivity contribution in [1.29, 1.82) is 0 Å². The molecule has 0 aliphatic heterocycles. The van der Waals surface area contributed by atoms with Crippen LogP contribution in [0.25, 0.3) is 0 Å². The lowest BCUT2D eigenvalue weighted by Crippen LogP contribution is -2.28. The van der Waals surface area contributed by atoms with Crippen molar-refractivity contribution in [3.8, 4) is 0 Å². The Labute approximate surface area is 105 Å². The van der Waals surface area contributed by atoms with E-state index in [0.717, 1.165) is 18.2 Å². The van der Waals surface area contributed by atoms with E-state index in [-0.39, 0.29) is 0 Å². The quantitative estimate of drug-likeness (QED) is 0.813. The Morgan fingerprint density at radius 3 is 2.94 bits per heavy atom. The van der Waals surface area contributed by atoms with Gasteiger partial charge in [0.25, 0.3) is 0 Å². The second-order valence-corrected chi connectivity index (χ2v) is 5.34. The number of rotatable bonds is 4. The molecule has 1 N–H and O–H groups in total. The standard InChI is InChI=1S/C14H25N3/c1-3-12-5-4-6-13(8-7-12)15-11-14-9-10-17(2)16-14/h9-10,12-13,15H,3-8,11H2,1-2H3. The summed E-state index contributed by atoms with van der Waals surface area (Å²) in [6.45, 7) is 3.24. The highest BCUT2D eigenvalue weighted by molar-refractivity contribution is 4.98. The fraction of sp³-hybridized carbons (Fsp3) is 0.786. The molecule has 96 valence electrons. The van der Waals surface area contributed by atoms with Gasteiger partial charge < -0.3 is 5.32 Å². The first-order chi connectivity index (χ1) is 8.28. The van der Waals surface area contributed by atoms with Crippen LogP contribution in [0, 0.1) is 5.92 Å². The molecule has 0 aromatic carbocycles. The average molecular weight is 235 g/mol. The third-order valence-electron chi connectivity index (χ3n) is 4.01. The lowest BCUT2D eigenvalue weighted by molar-refractivity contribution is 0.423. The predicted molar refractivity (Wildman–Crippen MR) is 70.7 cm³/mol. The van der Waals surface area contributed by atoms with E-state index >= 15 is 0 Å². The van der Waals surface area contributed by atoms with Gasteiger partial charge in [-0.05, 0) is 31.2 Å². The number of aromatic nitrogens is 2. The number of nitrogens with zero attached hydrogens (tertiary/aromatic N) is 2. The highest BCUT2D eigenvalue weighted by Crippen LogP contribution is 2.25. The number of aryl methyl sites for hydroxylation is 1. The average Bonchev–Trinajstić information content (AvgIpc) is 2.63. The van der Waals surface area contributed by atoms with E-state index in [9.17, 15) is 0 Å². The molecule has 2 unspecified atom stereocenters. The Hall–Kier alpha value is -0.830. The van der Waals surface area contributed by atoms with Gasteiger partial charge in [-0.15, -0.1) is 0 Å². The van der Waals surface area contributed by atoms with E-state index in [1.54, 1.807) is 0 Å². The van der Waals surface area contributed by atoms with E-state index in [1.807, 2.05) is 17.9 Å². The Morgan fingerprint density at radius 2 is 2.24 bits per heavy atom. The lowest BCUT2D eigenvalue weighted by atomic mass is 9.98. The molecule has 0 spiro atoms. The minimum absolute atomic E-state index is 0.702. The first kappa shape index (κ1) is 12.6. The molecule has 1 aromatic rings. The number of hydrogen-bond donors (Lipinski definition) is 1. The lowest BCUT2D eigenvalue weighted by Gasteiger charge is -2.15. The number of hydrogen-bond acceptors (Lipinski definition) is 2. The van der Waals surface area contributed by atoms with Gasteiger partial charge in [-0.1, -0.05) is 26.2 Å². The van der Waals surface area contributed by atoms with E-state index in [0.29, 0.717) is 6.04 Å². The maximum atomic E-state index is 4.40. The van der Waals surface area contributed by atoms with Crippen LogP contribution in [0.1, 0.15) is 51.1 Å². The molecule has 0 saturated heterocycles. The third-order valence-corrected chi connectivity index (χ3v) is 4.01. The summed E-state index contributed by atoms with van der Waals surface area (Å²) in [5, 5.41) is 8.06. The first-order valence-corrected chi connectivity index (χ1v) is 7.00. The molecular formula is C14H25N3. The van der Waals surface area contributed by atoms with Gasteiger partial charge in [0.15, 0.2) is 0 Å². The van der Waals surface area contributed by atoms with Gasteiger partial charge >= 0.3 is 0 Å². The normalized spacial score (nSPS) is 25.8. The van der Waals surface area contributed by atoms with Crippen LogP contribution < -0.4 is 5.32 Å². The van der Waals surface area contributed by atoms with Crippen LogP contribution >= 0.6 is 0 Å². The van der Waals surface area contributed by atoms with Crippen molar-refractivity contribution in [3.05, 3.63) is 18.0 Å². The fourth-order valence-electron chi connectivity index (χ4n) is 2.80. The second kappa shape index (κ2) is 6.20. The summed E-state index contributed by atoms with van der Waals surface area (Å²) in [4.78, 5) is 0. The van der Waals surface area contributed by atoms with Crippen LogP contribution in [0.3, 0.4) is 0 Å². The molecule has 1 heterocycles. The van der Waals surface area contributed by atoms with Crippen LogP contribution in [0.4, 0.5) is 0 Å². The molecule has 1 aromatic heterocycles. The highest BCUT2D eigenvalue weighted by Gasteiger charge is 2.17. The molecule has 0 amide bonds. The predicted octanol–water partition coefficient (Wildman–Crippen LogP) is 2.87. The molecule has 1 fully saturated rings. The molecule has 0 radical (unpaired) electrons. The molecule has 3 heteroatoms. The van der Waals surface area contributed by atoms with Crippen LogP contribution in [-0.2, 0) is 13.6 Å². The Bertz CT molecular complexity index is 332.